The smallest absolute Gasteiger partial charge is 0.256 e. The predicted octanol–water partition coefficient (Wildman–Crippen LogP) is 3.84. The third-order valence-corrected chi connectivity index (χ3v) is 4.43. The van der Waals surface area contributed by atoms with Crippen molar-refractivity contribution < 1.29 is 4.79 Å². The quantitative estimate of drug-likeness (QED) is 0.908. The number of hydrogen-bond donors (Lipinski definition) is 1. The van der Waals surface area contributed by atoms with Crippen LogP contribution in [0.1, 0.15) is 48.7 Å². The largest absolute Gasteiger partial charge is 0.372 e. The summed E-state index contributed by atoms with van der Waals surface area (Å²) in [5.41, 5.74) is 2.80. The summed E-state index contributed by atoms with van der Waals surface area (Å²) in [6.07, 6.45) is 4.81. The Balaban J connectivity index is 1.69. The Morgan fingerprint density at radius 2 is 1.88 bits per heavy atom. The number of piperidine rings is 1. The average molecular weight is 326 g/mol. The minimum absolute atomic E-state index is 0.0857. The van der Waals surface area contributed by atoms with Gasteiger partial charge in [0.05, 0.1) is 5.69 Å². The van der Waals surface area contributed by atoms with Crippen molar-refractivity contribution in [2.75, 3.05) is 23.3 Å². The van der Waals surface area contributed by atoms with Crippen LogP contribution in [0.25, 0.3) is 0 Å². The number of anilines is 2. The zero-order valence-electron chi connectivity index (χ0n) is 14.6. The topological polar surface area (TPSA) is 50.2 Å². The van der Waals surface area contributed by atoms with Gasteiger partial charge in [-0.15, -0.1) is 0 Å². The predicted molar refractivity (Wildman–Crippen MR) is 97.7 cm³/mol. The SMILES string of the molecule is CCCn1nc(C)cc1NC(=O)c1ccc(N2CCCCC2)cc1. The number of nitrogens with one attached hydrogen (secondary N) is 1. The molecule has 5 nitrogen and oxygen atoms in total. The lowest BCUT2D eigenvalue weighted by Gasteiger charge is -2.28. The lowest BCUT2D eigenvalue weighted by Crippen LogP contribution is -2.29. The summed E-state index contributed by atoms with van der Waals surface area (Å²) in [5, 5.41) is 7.40. The highest BCUT2D eigenvalue weighted by Gasteiger charge is 2.13. The molecule has 0 spiro atoms. The van der Waals surface area contributed by atoms with E-state index >= 15 is 0 Å². The zero-order chi connectivity index (χ0) is 16.9. The van der Waals surface area contributed by atoms with Crippen LogP contribution in [-0.4, -0.2) is 28.8 Å². The molecular weight excluding hydrogens is 300 g/mol. The number of aromatic nitrogens is 2. The molecule has 0 saturated carbocycles. The van der Waals surface area contributed by atoms with E-state index in [-0.39, 0.29) is 5.91 Å². The number of nitrogens with zero attached hydrogens (tertiary/aromatic N) is 3. The van der Waals surface area contributed by atoms with Gasteiger partial charge in [-0.05, 0) is 56.9 Å². The molecule has 128 valence electrons. The van der Waals surface area contributed by atoms with Gasteiger partial charge >= 0.3 is 0 Å². The summed E-state index contributed by atoms with van der Waals surface area (Å²) in [6.45, 7) is 7.07. The van der Waals surface area contributed by atoms with Gasteiger partial charge in [-0.25, -0.2) is 4.68 Å². The second-order valence-corrected chi connectivity index (χ2v) is 6.44. The van der Waals surface area contributed by atoms with Crippen LogP contribution in [0.3, 0.4) is 0 Å². The molecule has 0 unspecified atom stereocenters. The average Bonchev–Trinajstić information content (AvgIpc) is 2.95. The maximum Gasteiger partial charge on any atom is 0.256 e. The molecule has 0 aliphatic carbocycles. The molecule has 0 atom stereocenters. The van der Waals surface area contributed by atoms with E-state index in [1.807, 2.05) is 29.8 Å². The zero-order valence-corrected chi connectivity index (χ0v) is 14.6. The molecule has 1 fully saturated rings. The van der Waals surface area contributed by atoms with Gasteiger partial charge in [-0.1, -0.05) is 6.92 Å². The van der Waals surface area contributed by atoms with Crippen LogP contribution in [0.4, 0.5) is 11.5 Å². The second-order valence-electron chi connectivity index (χ2n) is 6.44. The Hall–Kier alpha value is -2.30. The summed E-state index contributed by atoms with van der Waals surface area (Å²) >= 11 is 0. The summed E-state index contributed by atoms with van der Waals surface area (Å²) in [4.78, 5) is 14.9. The number of rotatable bonds is 5. The molecular formula is C19H26N4O. The van der Waals surface area contributed by atoms with Crippen LogP contribution in [-0.2, 0) is 6.54 Å². The summed E-state index contributed by atoms with van der Waals surface area (Å²) in [6, 6.07) is 9.83. The Kier molecular flexibility index (Phi) is 5.18. The van der Waals surface area contributed by atoms with E-state index < -0.39 is 0 Å². The number of benzene rings is 1. The Labute approximate surface area is 143 Å². The van der Waals surface area contributed by atoms with Gasteiger partial charge in [0.1, 0.15) is 5.82 Å². The third kappa shape index (κ3) is 3.78. The van der Waals surface area contributed by atoms with Crippen molar-refractivity contribution in [1.29, 1.82) is 0 Å². The molecule has 24 heavy (non-hydrogen) atoms. The highest BCUT2D eigenvalue weighted by atomic mass is 16.1. The molecule has 0 bridgehead atoms. The molecule has 1 aromatic carbocycles. The van der Waals surface area contributed by atoms with Crippen LogP contribution in [0.5, 0.6) is 0 Å². The second kappa shape index (κ2) is 7.51. The first-order chi connectivity index (χ1) is 11.7. The minimum atomic E-state index is -0.0857. The van der Waals surface area contributed by atoms with Crippen LogP contribution in [0.2, 0.25) is 0 Å². The van der Waals surface area contributed by atoms with E-state index in [2.05, 4.69) is 34.4 Å². The van der Waals surface area contributed by atoms with Gasteiger partial charge in [0.15, 0.2) is 0 Å². The highest BCUT2D eigenvalue weighted by molar-refractivity contribution is 6.04. The summed E-state index contributed by atoms with van der Waals surface area (Å²) < 4.78 is 1.86. The van der Waals surface area contributed by atoms with Crippen molar-refractivity contribution in [2.24, 2.45) is 0 Å². The van der Waals surface area contributed by atoms with E-state index in [0.717, 1.165) is 37.6 Å². The molecule has 1 aromatic heterocycles. The molecule has 1 N–H and O–H groups in total. The Bertz CT molecular complexity index is 684. The normalized spacial score (nSPS) is 14.7. The third-order valence-electron chi connectivity index (χ3n) is 4.43. The van der Waals surface area contributed by atoms with Gasteiger partial charge < -0.3 is 10.2 Å². The minimum Gasteiger partial charge on any atom is -0.372 e. The van der Waals surface area contributed by atoms with Gasteiger partial charge in [-0.3, -0.25) is 4.79 Å². The van der Waals surface area contributed by atoms with E-state index in [1.165, 1.54) is 24.9 Å². The molecule has 2 aromatic rings. The van der Waals surface area contributed by atoms with Crippen LogP contribution in [0, 0.1) is 6.92 Å². The molecule has 2 heterocycles. The van der Waals surface area contributed by atoms with E-state index in [1.54, 1.807) is 0 Å². The van der Waals surface area contributed by atoms with Crippen molar-refractivity contribution in [3.05, 3.63) is 41.6 Å². The first-order valence-electron chi connectivity index (χ1n) is 8.88. The molecule has 1 aliphatic rings. The van der Waals surface area contributed by atoms with Crippen molar-refractivity contribution in [1.82, 2.24) is 9.78 Å². The standard InChI is InChI=1S/C19H26N4O/c1-3-11-23-18(14-15(2)21-23)20-19(24)16-7-9-17(10-8-16)22-12-5-4-6-13-22/h7-10,14H,3-6,11-13H2,1-2H3,(H,20,24). The van der Waals surface area contributed by atoms with Gasteiger partial charge in [0, 0.05) is 37.0 Å². The van der Waals surface area contributed by atoms with Gasteiger partial charge in [0.2, 0.25) is 0 Å². The van der Waals surface area contributed by atoms with Gasteiger partial charge in [-0.2, -0.15) is 5.10 Å². The number of carbonyl (C=O) groups is 1. The number of hydrogen-bond acceptors (Lipinski definition) is 3. The molecule has 0 radical (unpaired) electrons. The summed E-state index contributed by atoms with van der Waals surface area (Å²) in [5.74, 6) is 0.678. The maximum atomic E-state index is 12.5. The van der Waals surface area contributed by atoms with Gasteiger partial charge in [0.25, 0.3) is 5.91 Å². The van der Waals surface area contributed by atoms with E-state index in [0.29, 0.717) is 5.56 Å². The van der Waals surface area contributed by atoms with Crippen molar-refractivity contribution in [2.45, 2.75) is 46.1 Å². The van der Waals surface area contributed by atoms with Crippen molar-refractivity contribution >= 4 is 17.4 Å². The molecule has 3 rings (SSSR count). The Morgan fingerprint density at radius 1 is 1.17 bits per heavy atom. The fourth-order valence-corrected chi connectivity index (χ4v) is 3.19. The Morgan fingerprint density at radius 3 is 2.54 bits per heavy atom. The molecule has 1 aliphatic heterocycles. The number of carbonyl (C=O) groups excluding carboxylic acids is 1. The maximum absolute atomic E-state index is 12.5. The lowest BCUT2D eigenvalue weighted by molar-refractivity contribution is 0.102. The monoisotopic (exact) mass is 326 g/mol. The van der Waals surface area contributed by atoms with Crippen molar-refractivity contribution in [3.8, 4) is 0 Å². The van der Waals surface area contributed by atoms with Crippen LogP contribution in [0.15, 0.2) is 30.3 Å². The van der Waals surface area contributed by atoms with Crippen LogP contribution < -0.4 is 10.2 Å². The fourth-order valence-electron chi connectivity index (χ4n) is 3.19. The first kappa shape index (κ1) is 16.6. The van der Waals surface area contributed by atoms with E-state index in [4.69, 9.17) is 0 Å². The summed E-state index contributed by atoms with van der Waals surface area (Å²) in [7, 11) is 0. The van der Waals surface area contributed by atoms with Crippen molar-refractivity contribution in [3.63, 3.8) is 0 Å². The van der Waals surface area contributed by atoms with E-state index in [9.17, 15) is 4.79 Å². The number of aryl methyl sites for hydroxylation is 2. The highest BCUT2D eigenvalue weighted by Crippen LogP contribution is 2.21. The molecule has 1 amide bonds. The molecule has 5 heteroatoms. The first-order valence-corrected chi connectivity index (χ1v) is 8.88. The lowest BCUT2D eigenvalue weighted by atomic mass is 10.1. The van der Waals surface area contributed by atoms with Crippen LogP contribution >= 0.6 is 0 Å². The number of amides is 1. The fraction of sp³-hybridized carbons (Fsp3) is 0.474. The molecule has 1 saturated heterocycles.